The van der Waals surface area contributed by atoms with Gasteiger partial charge in [0.25, 0.3) is 0 Å². The van der Waals surface area contributed by atoms with Crippen molar-refractivity contribution < 1.29 is 28.8 Å². The lowest BCUT2D eigenvalue weighted by Gasteiger charge is -2.23. The average molecular weight is 352 g/mol. The molecule has 0 fully saturated rings. The Morgan fingerprint density at radius 2 is 1.68 bits per heavy atom. The van der Waals surface area contributed by atoms with Crippen LogP contribution in [-0.4, -0.2) is 31.6 Å². The number of rotatable bonds is 9. The molecule has 8 heteroatoms. The molecule has 0 radical (unpaired) electrons. The summed E-state index contributed by atoms with van der Waals surface area (Å²) in [5, 5.41) is 3.44. The van der Waals surface area contributed by atoms with Crippen LogP contribution < -0.4 is 10.5 Å². The van der Waals surface area contributed by atoms with Gasteiger partial charge in [0, 0.05) is 32.6 Å². The molecule has 1 rings (SSSR count). The van der Waals surface area contributed by atoms with Gasteiger partial charge in [-0.25, -0.2) is 9.59 Å². The first-order valence-electron chi connectivity index (χ1n) is 8.02. The van der Waals surface area contributed by atoms with Crippen LogP contribution in [0.4, 0.5) is 11.4 Å². The third kappa shape index (κ3) is 6.80. The van der Waals surface area contributed by atoms with Crippen molar-refractivity contribution in [3.8, 4) is 0 Å². The van der Waals surface area contributed by atoms with Crippen molar-refractivity contribution in [2.45, 2.75) is 40.0 Å². The Hall–Kier alpha value is -2.61. The molecule has 0 heterocycles. The Bertz CT molecular complexity index is 599. The van der Waals surface area contributed by atoms with Crippen LogP contribution in [0, 0.1) is 0 Å². The number of nitrogens with zero attached hydrogens (tertiary/aromatic N) is 1. The van der Waals surface area contributed by atoms with E-state index in [9.17, 15) is 14.4 Å². The molecule has 1 amide bonds. The molecule has 0 aromatic heterocycles. The molecule has 0 aliphatic carbocycles. The molecule has 0 unspecified atom stereocenters. The molecule has 0 saturated carbocycles. The highest BCUT2D eigenvalue weighted by Crippen LogP contribution is 2.27. The van der Waals surface area contributed by atoms with Crippen LogP contribution in [0.3, 0.4) is 0 Å². The number of hydrogen-bond donors (Lipinski definition) is 1. The van der Waals surface area contributed by atoms with E-state index in [4.69, 9.17) is 14.4 Å². The smallest absolute Gasteiger partial charge is 0.336 e. The Balaban J connectivity index is 3.25. The molecule has 0 aliphatic heterocycles. The Morgan fingerprint density at radius 3 is 2.16 bits per heavy atom. The molecule has 1 N–H and O–H groups in total. The molecule has 0 spiro atoms. The molecule has 8 nitrogen and oxygen atoms in total. The third-order valence-corrected chi connectivity index (χ3v) is 3.12. The summed E-state index contributed by atoms with van der Waals surface area (Å²) in [6.45, 7) is 5.05. The topological polar surface area (TPSA) is 94.2 Å². The van der Waals surface area contributed by atoms with Crippen molar-refractivity contribution in [2.75, 3.05) is 24.3 Å². The second-order valence-corrected chi connectivity index (χ2v) is 5.16. The van der Waals surface area contributed by atoms with Gasteiger partial charge in [0.15, 0.2) is 0 Å². The van der Waals surface area contributed by atoms with Gasteiger partial charge in [0.2, 0.25) is 5.91 Å². The van der Waals surface area contributed by atoms with Gasteiger partial charge < -0.3 is 19.7 Å². The summed E-state index contributed by atoms with van der Waals surface area (Å²) >= 11 is 0. The zero-order valence-corrected chi connectivity index (χ0v) is 15.0. The van der Waals surface area contributed by atoms with Crippen molar-refractivity contribution in [3.63, 3.8) is 0 Å². The Kier molecular flexibility index (Phi) is 8.42. The van der Waals surface area contributed by atoms with E-state index < -0.39 is 11.9 Å². The minimum Gasteiger partial charge on any atom is -0.384 e. The molecule has 1 aromatic carbocycles. The van der Waals surface area contributed by atoms with E-state index in [0.29, 0.717) is 24.4 Å². The normalized spacial score (nSPS) is 10.1. The van der Waals surface area contributed by atoms with E-state index in [1.807, 2.05) is 0 Å². The second kappa shape index (κ2) is 10.3. The summed E-state index contributed by atoms with van der Waals surface area (Å²) in [7, 11) is 1.57. The zero-order valence-electron chi connectivity index (χ0n) is 15.0. The molecule has 1 aromatic rings. The largest absolute Gasteiger partial charge is 0.384 e. The van der Waals surface area contributed by atoms with Crippen molar-refractivity contribution in [3.05, 3.63) is 23.8 Å². The SMILES string of the molecule is CCC(=O)ON(OC(=O)CC)c1cc(NC(C)=O)ccc1CCOC. The summed E-state index contributed by atoms with van der Waals surface area (Å²) in [5.74, 6) is -1.38. The highest BCUT2D eigenvalue weighted by molar-refractivity contribution is 5.89. The van der Waals surface area contributed by atoms with E-state index in [2.05, 4.69) is 5.32 Å². The van der Waals surface area contributed by atoms with Gasteiger partial charge in [-0.2, -0.15) is 0 Å². The zero-order chi connectivity index (χ0) is 18.8. The maximum Gasteiger partial charge on any atom is 0.336 e. The molecular formula is C17H24N2O6. The molecule has 138 valence electrons. The van der Waals surface area contributed by atoms with Gasteiger partial charge in [-0.1, -0.05) is 19.9 Å². The van der Waals surface area contributed by atoms with Crippen LogP contribution >= 0.6 is 0 Å². The average Bonchev–Trinajstić information content (AvgIpc) is 2.59. The first kappa shape index (κ1) is 20.4. The molecule has 0 saturated heterocycles. The van der Waals surface area contributed by atoms with Gasteiger partial charge in [-0.05, 0) is 29.3 Å². The van der Waals surface area contributed by atoms with Crippen molar-refractivity contribution in [1.29, 1.82) is 0 Å². The van der Waals surface area contributed by atoms with Crippen LogP contribution in [0.2, 0.25) is 0 Å². The van der Waals surface area contributed by atoms with E-state index in [0.717, 1.165) is 10.8 Å². The number of ether oxygens (including phenoxy) is 1. The summed E-state index contributed by atoms with van der Waals surface area (Å²) in [4.78, 5) is 45.0. The number of anilines is 2. The number of carbonyl (C=O) groups is 3. The standard InChI is InChI=1S/C17H24N2O6/c1-5-16(21)24-19(25-17(22)6-2)15-11-14(18-12(3)20)8-7-13(15)9-10-23-4/h7-8,11H,5-6,9-10H2,1-4H3,(H,18,20). The Labute approximate surface area is 146 Å². The highest BCUT2D eigenvalue weighted by atomic mass is 17.0. The maximum absolute atomic E-state index is 11.7. The summed E-state index contributed by atoms with van der Waals surface area (Å²) < 4.78 is 5.08. The van der Waals surface area contributed by atoms with Gasteiger partial charge >= 0.3 is 11.9 Å². The van der Waals surface area contributed by atoms with Crippen molar-refractivity contribution in [1.82, 2.24) is 0 Å². The fraction of sp³-hybridized carbons (Fsp3) is 0.471. The number of amides is 1. The molecule has 0 aliphatic rings. The highest BCUT2D eigenvalue weighted by Gasteiger charge is 2.21. The molecule has 0 bridgehead atoms. The second-order valence-electron chi connectivity index (χ2n) is 5.16. The quantitative estimate of drug-likeness (QED) is 0.682. The number of nitrogens with one attached hydrogen (secondary N) is 1. The number of methoxy groups -OCH3 is 1. The monoisotopic (exact) mass is 352 g/mol. The van der Waals surface area contributed by atoms with Crippen LogP contribution in [-0.2, 0) is 35.2 Å². The molecular weight excluding hydrogens is 328 g/mol. The molecule has 0 atom stereocenters. The predicted octanol–water partition coefficient (Wildman–Crippen LogP) is 2.38. The first-order valence-corrected chi connectivity index (χ1v) is 8.02. The lowest BCUT2D eigenvalue weighted by molar-refractivity contribution is -0.173. The van der Waals surface area contributed by atoms with Crippen molar-refractivity contribution in [2.24, 2.45) is 0 Å². The van der Waals surface area contributed by atoms with E-state index in [1.54, 1.807) is 39.2 Å². The third-order valence-electron chi connectivity index (χ3n) is 3.12. The predicted molar refractivity (Wildman–Crippen MR) is 91.6 cm³/mol. The Morgan fingerprint density at radius 1 is 1.08 bits per heavy atom. The van der Waals surface area contributed by atoms with Crippen LogP contribution in [0.25, 0.3) is 0 Å². The van der Waals surface area contributed by atoms with Gasteiger partial charge in [-0.3, -0.25) is 4.79 Å². The minimum atomic E-state index is -0.563. The van der Waals surface area contributed by atoms with E-state index in [1.165, 1.54) is 6.92 Å². The van der Waals surface area contributed by atoms with Crippen molar-refractivity contribution >= 4 is 29.2 Å². The summed E-state index contributed by atoms with van der Waals surface area (Å²) in [5.41, 5.74) is 1.55. The number of hydrogen-bond acceptors (Lipinski definition) is 7. The summed E-state index contributed by atoms with van der Waals surface area (Å²) in [6.07, 6.45) is 0.716. The summed E-state index contributed by atoms with van der Waals surface area (Å²) in [6, 6.07) is 5.02. The number of carbonyl (C=O) groups excluding carboxylic acids is 3. The van der Waals surface area contributed by atoms with Gasteiger partial charge in [0.1, 0.15) is 5.69 Å². The van der Waals surface area contributed by atoms with Gasteiger partial charge in [-0.15, -0.1) is 0 Å². The van der Waals surface area contributed by atoms with E-state index in [-0.39, 0.29) is 18.7 Å². The maximum atomic E-state index is 11.7. The van der Waals surface area contributed by atoms with Crippen LogP contribution in [0.15, 0.2) is 18.2 Å². The first-order chi connectivity index (χ1) is 11.9. The minimum absolute atomic E-state index is 0.110. The fourth-order valence-corrected chi connectivity index (χ4v) is 1.87. The molecule has 25 heavy (non-hydrogen) atoms. The van der Waals surface area contributed by atoms with Crippen LogP contribution in [0.5, 0.6) is 0 Å². The van der Waals surface area contributed by atoms with Crippen LogP contribution in [0.1, 0.15) is 39.2 Å². The van der Waals surface area contributed by atoms with Gasteiger partial charge in [0.05, 0.1) is 6.61 Å². The lowest BCUT2D eigenvalue weighted by Crippen LogP contribution is -2.31. The number of benzene rings is 1. The fourth-order valence-electron chi connectivity index (χ4n) is 1.87. The lowest BCUT2D eigenvalue weighted by atomic mass is 10.1. The van der Waals surface area contributed by atoms with E-state index >= 15 is 0 Å².